The zero-order chi connectivity index (χ0) is 59.2. The SMILES string of the molecule is COc1c(C)c2c(c(O)c1C/C=C(\C)CCCC(=O)OCCN(C)[C@H]1C[C@@H](C)O[C@H](O[C@@H]3[C@@H](C)[C@H](O[C@H]4C[C@@](C)(OC)[C@@H](O)[C@H](C)O4)[C@@H](C)C(=O)O[C@H](CO)[C@@](C)(O)[C@H](O)[C@@H](C)N(C)C[C@H](C)C[C@@]3(C)O)[C@@H]1N(C)C)C(=O)OC2. The second-order valence-electron chi connectivity index (χ2n) is 24.2. The number of benzene rings is 1. The topological polar surface area (TPSA) is 265 Å². The summed E-state index contributed by atoms with van der Waals surface area (Å²) >= 11 is 0. The molecule has 6 N–H and O–H groups in total. The largest absolute Gasteiger partial charge is 0.507 e. The number of carbonyl (C=O) groups excluding carboxylic acids is 3. The van der Waals surface area contributed by atoms with Gasteiger partial charge in [-0.2, -0.15) is 0 Å². The van der Waals surface area contributed by atoms with Gasteiger partial charge in [-0.1, -0.05) is 25.5 Å². The molecule has 4 aliphatic heterocycles. The average Bonchev–Trinajstić information content (AvgIpc) is 3.87. The molecule has 4 heterocycles. The maximum Gasteiger partial charge on any atom is 0.342 e. The summed E-state index contributed by atoms with van der Waals surface area (Å²) in [5.41, 5.74) is -1.76. The molecule has 21 heteroatoms. The number of phenolic OH excluding ortho intramolecular Hbond substituents is 1. The summed E-state index contributed by atoms with van der Waals surface area (Å²) < 4.78 is 55.3. The van der Waals surface area contributed by atoms with E-state index in [2.05, 4.69) is 4.90 Å². The van der Waals surface area contributed by atoms with Gasteiger partial charge in [-0.3, -0.25) is 14.5 Å². The van der Waals surface area contributed by atoms with Gasteiger partial charge >= 0.3 is 17.9 Å². The first kappa shape index (κ1) is 66.3. The Balaban J connectivity index is 1.36. The van der Waals surface area contributed by atoms with Crippen LogP contribution < -0.4 is 4.74 Å². The summed E-state index contributed by atoms with van der Waals surface area (Å²) in [6.07, 6.45) is -4.88. The highest BCUT2D eigenvalue weighted by molar-refractivity contribution is 5.98. The van der Waals surface area contributed by atoms with Crippen LogP contribution in [0, 0.1) is 24.7 Å². The van der Waals surface area contributed by atoms with E-state index in [1.54, 1.807) is 41.7 Å². The molecule has 79 heavy (non-hydrogen) atoms. The van der Waals surface area contributed by atoms with Gasteiger partial charge in [0.25, 0.3) is 0 Å². The fourth-order valence-electron chi connectivity index (χ4n) is 12.4. The molecule has 0 saturated carbocycles. The predicted octanol–water partition coefficient (Wildman–Crippen LogP) is 4.02. The van der Waals surface area contributed by atoms with Gasteiger partial charge in [0.2, 0.25) is 0 Å². The van der Waals surface area contributed by atoms with Gasteiger partial charge in [0, 0.05) is 62.2 Å². The van der Waals surface area contributed by atoms with E-state index in [-0.39, 0.29) is 67.8 Å². The molecule has 3 fully saturated rings. The van der Waals surface area contributed by atoms with Crippen LogP contribution in [-0.2, 0) is 60.5 Å². The minimum absolute atomic E-state index is 0.0668. The van der Waals surface area contributed by atoms with E-state index in [0.29, 0.717) is 55.6 Å². The number of aliphatic hydroxyl groups excluding tert-OH is 3. The first-order chi connectivity index (χ1) is 36.8. The standard InChI is InChI=1S/C58H97N3O18/c1-31(21-22-39-47(64)45-40(30-74-54(45)68)34(4)49(39)71-16)19-18-20-43(63)73-24-23-60(14)41-25-33(3)75-55(46(41)59(12)13)79-52-35(5)48(78-44-27-57(10,72-17)51(66)38(8)76-44)36(6)53(67)77-42(29-62)58(11,70)50(65)37(7)61(15)28-32(2)26-56(52,9)69/h21,32-33,35-38,41-42,44,46,48,50-52,55,62,64-66,69-70H,18-20,22-30H2,1-17H3/b31-21+/t32-,33-,35+,36-,37-,38+,41+,42-,44+,46-,48+,50-,51+,52-,55-,56-,57-,58-/m1/s1. The van der Waals surface area contributed by atoms with E-state index in [1.807, 2.05) is 71.6 Å². The van der Waals surface area contributed by atoms with Crippen LogP contribution in [0.25, 0.3) is 0 Å². The molecule has 0 aliphatic carbocycles. The summed E-state index contributed by atoms with van der Waals surface area (Å²) in [4.78, 5) is 46.0. The summed E-state index contributed by atoms with van der Waals surface area (Å²) in [5.74, 6) is -3.60. The summed E-state index contributed by atoms with van der Waals surface area (Å²) in [5, 5.41) is 69.1. The third kappa shape index (κ3) is 15.4. The average molecular weight is 1120 g/mol. The van der Waals surface area contributed by atoms with Crippen molar-refractivity contribution in [2.75, 3.05) is 68.7 Å². The molecule has 1 aromatic rings. The van der Waals surface area contributed by atoms with Crippen molar-refractivity contribution >= 4 is 17.9 Å². The van der Waals surface area contributed by atoms with E-state index in [1.165, 1.54) is 21.1 Å². The van der Waals surface area contributed by atoms with Crippen LogP contribution in [0.4, 0.5) is 0 Å². The van der Waals surface area contributed by atoms with Gasteiger partial charge in [-0.25, -0.2) is 4.79 Å². The van der Waals surface area contributed by atoms with Crippen LogP contribution in [0.15, 0.2) is 11.6 Å². The van der Waals surface area contributed by atoms with Crippen molar-refractivity contribution in [2.45, 2.75) is 218 Å². The highest BCUT2D eigenvalue weighted by Crippen LogP contribution is 2.43. The van der Waals surface area contributed by atoms with Crippen molar-refractivity contribution in [1.82, 2.24) is 14.7 Å². The van der Waals surface area contributed by atoms with Gasteiger partial charge in [-0.15, -0.1) is 0 Å². The van der Waals surface area contributed by atoms with E-state index in [0.717, 1.165) is 11.1 Å². The van der Waals surface area contributed by atoms with Gasteiger partial charge in [0.1, 0.15) is 48.1 Å². The maximum absolute atomic E-state index is 14.5. The Morgan fingerprint density at radius 1 is 0.949 bits per heavy atom. The molecule has 3 saturated heterocycles. The molecule has 0 aromatic heterocycles. The van der Waals surface area contributed by atoms with Crippen molar-refractivity contribution in [1.29, 1.82) is 0 Å². The number of esters is 3. The summed E-state index contributed by atoms with van der Waals surface area (Å²) in [7, 11) is 10.6. The van der Waals surface area contributed by atoms with E-state index < -0.39 is 108 Å². The molecule has 1 aromatic carbocycles. The van der Waals surface area contributed by atoms with Crippen LogP contribution in [0.2, 0.25) is 0 Å². The van der Waals surface area contributed by atoms with Crippen LogP contribution in [0.1, 0.15) is 135 Å². The second-order valence-corrected chi connectivity index (χ2v) is 24.2. The lowest BCUT2D eigenvalue weighted by molar-refractivity contribution is -0.313. The number of aliphatic hydroxyl groups is 5. The molecular weight excluding hydrogens is 1030 g/mol. The van der Waals surface area contributed by atoms with Crippen molar-refractivity contribution in [3.63, 3.8) is 0 Å². The number of hydrogen-bond donors (Lipinski definition) is 6. The Bertz CT molecular complexity index is 2240. The molecule has 4 aliphatic rings. The van der Waals surface area contributed by atoms with Gasteiger partial charge in [0.15, 0.2) is 18.7 Å². The van der Waals surface area contributed by atoms with Crippen LogP contribution in [0.5, 0.6) is 11.5 Å². The minimum atomic E-state index is -2.09. The normalized spacial score (nSPS) is 37.5. The molecular formula is C58H97N3O18. The molecule has 5 rings (SSSR count). The van der Waals surface area contributed by atoms with Gasteiger partial charge in [0.05, 0.1) is 61.3 Å². The van der Waals surface area contributed by atoms with Crippen LogP contribution in [-0.4, -0.2) is 222 Å². The Morgan fingerprint density at radius 2 is 1.62 bits per heavy atom. The smallest absolute Gasteiger partial charge is 0.342 e. The van der Waals surface area contributed by atoms with E-state index >= 15 is 0 Å². The minimum Gasteiger partial charge on any atom is -0.507 e. The zero-order valence-electron chi connectivity index (χ0n) is 50.1. The number of aromatic hydroxyl groups is 1. The van der Waals surface area contributed by atoms with Crippen LogP contribution in [0.3, 0.4) is 0 Å². The maximum atomic E-state index is 14.5. The fraction of sp³-hybridized carbons (Fsp3) is 0.810. The van der Waals surface area contributed by atoms with Crippen molar-refractivity contribution in [3.8, 4) is 11.5 Å². The van der Waals surface area contributed by atoms with Gasteiger partial charge < -0.3 is 83.1 Å². The number of nitrogens with zero attached hydrogens (tertiary/aromatic N) is 3. The number of ether oxygens (including phenoxy) is 9. The number of allylic oxidation sites excluding steroid dienone is 2. The molecule has 452 valence electrons. The Hall–Kier alpha value is -3.55. The first-order valence-electron chi connectivity index (χ1n) is 28.1. The summed E-state index contributed by atoms with van der Waals surface area (Å²) in [6.45, 7) is 19.5. The lowest BCUT2D eigenvalue weighted by Gasteiger charge is -2.51. The number of hydrogen-bond acceptors (Lipinski definition) is 21. The van der Waals surface area contributed by atoms with Crippen molar-refractivity contribution < 1.29 is 87.7 Å². The first-order valence-corrected chi connectivity index (χ1v) is 28.1. The third-order valence-corrected chi connectivity index (χ3v) is 17.5. The Kier molecular flexibility index (Phi) is 23.2. The molecule has 0 bridgehead atoms. The Morgan fingerprint density at radius 3 is 2.24 bits per heavy atom. The zero-order valence-corrected chi connectivity index (χ0v) is 50.1. The Labute approximate surface area is 468 Å². The van der Waals surface area contributed by atoms with Crippen LogP contribution >= 0.6 is 0 Å². The molecule has 0 amide bonds. The monoisotopic (exact) mass is 1120 g/mol. The molecule has 0 unspecified atom stereocenters. The molecule has 21 nitrogen and oxygen atoms in total. The number of rotatable bonds is 18. The molecule has 18 atom stereocenters. The molecule has 0 spiro atoms. The van der Waals surface area contributed by atoms with Crippen molar-refractivity contribution in [2.24, 2.45) is 17.8 Å². The predicted molar refractivity (Wildman–Crippen MR) is 292 cm³/mol. The summed E-state index contributed by atoms with van der Waals surface area (Å²) in [6, 6.07) is -1.32. The number of phenols is 1. The van der Waals surface area contributed by atoms with E-state index in [4.69, 9.17) is 42.6 Å². The van der Waals surface area contributed by atoms with Gasteiger partial charge in [-0.05, 0) is 134 Å². The number of fused-ring (bicyclic) bond motifs is 1. The number of carbonyl (C=O) groups is 3. The quantitative estimate of drug-likeness (QED) is 0.0689. The van der Waals surface area contributed by atoms with Crippen molar-refractivity contribution in [3.05, 3.63) is 33.9 Å². The number of cyclic esters (lactones) is 2. The third-order valence-electron chi connectivity index (χ3n) is 17.5. The lowest BCUT2D eigenvalue weighted by Crippen LogP contribution is -2.63. The highest BCUT2D eigenvalue weighted by atomic mass is 16.7. The number of likely N-dealkylation sites (N-methyl/N-ethyl adjacent to an activating group) is 3. The lowest BCUT2D eigenvalue weighted by atomic mass is 9.77. The fourth-order valence-corrected chi connectivity index (χ4v) is 12.4. The van der Waals surface area contributed by atoms with E-state index in [9.17, 15) is 45.0 Å². The second kappa shape index (κ2) is 27.7. The number of methoxy groups -OCH3 is 2. The highest BCUT2D eigenvalue weighted by Gasteiger charge is 2.53. The molecule has 0 radical (unpaired) electrons.